The summed E-state index contributed by atoms with van der Waals surface area (Å²) in [5.41, 5.74) is 9.29. The topological polar surface area (TPSA) is 194 Å². The molecule has 15 heteroatoms. The molecule has 4 fully saturated rings. The highest BCUT2D eigenvalue weighted by atomic mass is 16.3. The summed E-state index contributed by atoms with van der Waals surface area (Å²) in [6.07, 6.45) is 6.87. The normalized spacial score (nSPS) is 23.7. The molecule has 15 nitrogen and oxygen atoms in total. The van der Waals surface area contributed by atoms with Crippen molar-refractivity contribution in [2.45, 2.75) is 56.9 Å². The van der Waals surface area contributed by atoms with E-state index in [9.17, 15) is 29.1 Å². The fourth-order valence-electron chi connectivity index (χ4n) is 8.88. The summed E-state index contributed by atoms with van der Waals surface area (Å²) in [5.74, 6) is -0.549. The van der Waals surface area contributed by atoms with Crippen LogP contribution in [0.3, 0.4) is 0 Å². The third kappa shape index (κ3) is 7.50. The fraction of sp³-hybridized carbons (Fsp3) is 0.475. The van der Waals surface area contributed by atoms with E-state index in [-0.39, 0.29) is 31.1 Å². The minimum absolute atomic E-state index is 0.0820. The van der Waals surface area contributed by atoms with Crippen LogP contribution in [0.5, 0.6) is 0 Å². The van der Waals surface area contributed by atoms with Gasteiger partial charge in [0, 0.05) is 57.1 Å². The van der Waals surface area contributed by atoms with Gasteiger partial charge in [-0.15, -0.1) is 0 Å². The Hall–Kier alpha value is -5.41. The van der Waals surface area contributed by atoms with E-state index in [2.05, 4.69) is 42.5 Å². The predicted molar refractivity (Wildman–Crippen MR) is 204 cm³/mol. The number of hydrogen-bond acceptors (Lipinski definition) is 12. The van der Waals surface area contributed by atoms with Crippen LogP contribution in [0.1, 0.15) is 87.6 Å². The number of nitrogens with one attached hydrogen (secondary N) is 2. The quantitative estimate of drug-likeness (QED) is 0.222. The van der Waals surface area contributed by atoms with Gasteiger partial charge in [0.15, 0.2) is 11.5 Å². The van der Waals surface area contributed by atoms with Crippen molar-refractivity contribution in [2.75, 3.05) is 67.5 Å². The molecule has 4 saturated heterocycles. The maximum Gasteiger partial charge on any atom is 0.271 e. The number of carbonyl (C=O) groups excluding carboxylic acids is 5. The van der Waals surface area contributed by atoms with Crippen molar-refractivity contribution in [2.24, 2.45) is 17.6 Å². The average Bonchev–Trinajstić information content (AvgIpc) is 3.76. The molecular formula is C40H47N9O6. The van der Waals surface area contributed by atoms with Crippen LogP contribution in [0.25, 0.3) is 0 Å². The monoisotopic (exact) mass is 749 g/mol. The van der Waals surface area contributed by atoms with E-state index in [1.807, 2.05) is 18.2 Å². The summed E-state index contributed by atoms with van der Waals surface area (Å²) >= 11 is 0. The number of rotatable bonds is 10. The van der Waals surface area contributed by atoms with Crippen molar-refractivity contribution in [1.29, 1.82) is 0 Å². The minimum Gasteiger partial charge on any atom is -0.396 e. The number of amides is 5. The summed E-state index contributed by atoms with van der Waals surface area (Å²) in [6, 6.07) is 12.7. The summed E-state index contributed by atoms with van der Waals surface area (Å²) in [7, 11) is 0. The molecule has 288 valence electrons. The molecule has 0 spiro atoms. The Morgan fingerprint density at radius 3 is 2.38 bits per heavy atom. The Balaban J connectivity index is 0.835. The van der Waals surface area contributed by atoms with Crippen molar-refractivity contribution in [3.05, 3.63) is 71.0 Å². The van der Waals surface area contributed by atoms with Gasteiger partial charge in [0.05, 0.1) is 17.3 Å². The van der Waals surface area contributed by atoms with E-state index in [1.54, 1.807) is 18.3 Å². The van der Waals surface area contributed by atoms with E-state index in [0.29, 0.717) is 41.1 Å². The molecule has 5 aliphatic rings. The third-order valence-corrected chi connectivity index (χ3v) is 11.9. The van der Waals surface area contributed by atoms with Crippen LogP contribution in [0.4, 0.5) is 23.0 Å². The van der Waals surface area contributed by atoms with Gasteiger partial charge < -0.3 is 30.9 Å². The number of carbonyl (C=O) groups is 5. The number of nitrogens with zero attached hydrogens (tertiary/aromatic N) is 6. The first-order valence-electron chi connectivity index (χ1n) is 19.4. The number of aliphatic hydroxyl groups is 1. The molecule has 0 bridgehead atoms. The number of benzene rings is 2. The molecule has 55 heavy (non-hydrogen) atoms. The molecule has 3 atom stereocenters. The molecule has 0 radical (unpaired) electrons. The van der Waals surface area contributed by atoms with Crippen LogP contribution < -0.4 is 26.2 Å². The van der Waals surface area contributed by atoms with E-state index in [0.717, 1.165) is 87.6 Å². The Labute approximate surface area is 319 Å². The number of nitrogens with two attached hydrogens (primary N) is 1. The van der Waals surface area contributed by atoms with Crippen LogP contribution in [0.2, 0.25) is 0 Å². The van der Waals surface area contributed by atoms with Crippen molar-refractivity contribution >= 4 is 52.5 Å². The van der Waals surface area contributed by atoms with Crippen molar-refractivity contribution in [3.63, 3.8) is 0 Å². The molecule has 6 heterocycles. The molecular weight excluding hydrogens is 702 g/mol. The zero-order valence-corrected chi connectivity index (χ0v) is 30.8. The van der Waals surface area contributed by atoms with Gasteiger partial charge in [-0.1, -0.05) is 12.1 Å². The Kier molecular flexibility index (Phi) is 10.2. The zero-order chi connectivity index (χ0) is 38.2. The molecule has 8 rings (SSSR count). The van der Waals surface area contributed by atoms with E-state index in [4.69, 9.17) is 10.7 Å². The number of aromatic nitrogens is 2. The molecule has 5 N–H and O–H groups in total. The lowest BCUT2D eigenvalue weighted by atomic mass is 9.89. The summed E-state index contributed by atoms with van der Waals surface area (Å²) in [4.78, 5) is 79.7. The molecule has 2 aromatic carbocycles. The predicted octanol–water partition coefficient (Wildman–Crippen LogP) is 2.63. The number of primary amides is 1. The van der Waals surface area contributed by atoms with Gasteiger partial charge in [0.2, 0.25) is 11.8 Å². The fourth-order valence-corrected chi connectivity index (χ4v) is 8.88. The molecule has 5 aliphatic heterocycles. The summed E-state index contributed by atoms with van der Waals surface area (Å²) in [5, 5.41) is 15.2. The van der Waals surface area contributed by atoms with E-state index in [1.165, 1.54) is 5.56 Å². The highest BCUT2D eigenvalue weighted by molar-refractivity contribution is 6.23. The van der Waals surface area contributed by atoms with Gasteiger partial charge in [-0.2, -0.15) is 0 Å². The van der Waals surface area contributed by atoms with Gasteiger partial charge in [0.25, 0.3) is 17.7 Å². The van der Waals surface area contributed by atoms with Crippen LogP contribution in [0, 0.1) is 11.8 Å². The summed E-state index contributed by atoms with van der Waals surface area (Å²) in [6.45, 7) is 6.35. The number of likely N-dealkylation sites (tertiary alicyclic amines) is 1. The molecule has 1 unspecified atom stereocenters. The molecule has 0 aliphatic carbocycles. The maximum atomic E-state index is 13.3. The van der Waals surface area contributed by atoms with E-state index >= 15 is 0 Å². The first kappa shape index (κ1) is 36.6. The standard InChI is InChI=1S/C40H47N9O6/c41-36(52)35-37(44-33(19-42-35)48-14-1-2-25(22-48)23-50)43-28-5-3-26(4-6-28)27-12-15-46(16-13-27)20-24-11-17-47(21-24)29-7-8-30-31(18-29)40(55)49(39(30)54)32-9-10-34(51)45-38(32)53/h3-8,18-19,24-25,27,32,50H,1-2,9-17,20-23H2,(H2,41,52)(H,43,44)(H,45,51,53)/t24-,25-,32?/m1/s1. The molecule has 0 saturated carbocycles. The van der Waals surface area contributed by atoms with Gasteiger partial charge in [-0.05, 0) is 105 Å². The molecule has 3 aromatic rings. The second-order valence-corrected chi connectivity index (χ2v) is 15.5. The summed E-state index contributed by atoms with van der Waals surface area (Å²) < 4.78 is 0. The lowest BCUT2D eigenvalue weighted by molar-refractivity contribution is -0.136. The van der Waals surface area contributed by atoms with Crippen LogP contribution in [-0.4, -0.2) is 113 Å². The van der Waals surface area contributed by atoms with Crippen molar-refractivity contribution in [1.82, 2.24) is 25.1 Å². The maximum absolute atomic E-state index is 13.3. The van der Waals surface area contributed by atoms with Gasteiger partial charge in [0.1, 0.15) is 11.9 Å². The van der Waals surface area contributed by atoms with Gasteiger partial charge in [-0.25, -0.2) is 9.97 Å². The van der Waals surface area contributed by atoms with Crippen LogP contribution in [0.15, 0.2) is 48.7 Å². The second-order valence-electron chi connectivity index (χ2n) is 15.5. The van der Waals surface area contributed by atoms with Crippen molar-refractivity contribution in [3.8, 4) is 0 Å². The van der Waals surface area contributed by atoms with Gasteiger partial charge >= 0.3 is 0 Å². The largest absolute Gasteiger partial charge is 0.396 e. The Morgan fingerprint density at radius 2 is 1.64 bits per heavy atom. The number of imide groups is 2. The van der Waals surface area contributed by atoms with Crippen molar-refractivity contribution < 1.29 is 29.1 Å². The zero-order valence-electron chi connectivity index (χ0n) is 30.8. The lowest BCUT2D eigenvalue weighted by Crippen LogP contribution is -2.54. The first-order chi connectivity index (χ1) is 26.6. The Morgan fingerprint density at radius 1 is 0.873 bits per heavy atom. The van der Waals surface area contributed by atoms with Crippen LogP contribution in [-0.2, 0) is 9.59 Å². The smallest absolute Gasteiger partial charge is 0.271 e. The second kappa shape index (κ2) is 15.4. The number of anilines is 4. The third-order valence-electron chi connectivity index (χ3n) is 11.9. The molecule has 5 amide bonds. The number of aliphatic hydroxyl groups excluding tert-OH is 1. The highest BCUT2D eigenvalue weighted by Crippen LogP contribution is 2.34. The first-order valence-corrected chi connectivity index (χ1v) is 19.4. The number of fused-ring (bicyclic) bond motifs is 1. The van der Waals surface area contributed by atoms with Gasteiger partial charge in [-0.3, -0.25) is 34.2 Å². The van der Waals surface area contributed by atoms with Crippen LogP contribution >= 0.6 is 0 Å². The molecule has 1 aromatic heterocycles. The number of hydrogen-bond donors (Lipinski definition) is 4. The average molecular weight is 750 g/mol. The minimum atomic E-state index is -0.973. The van der Waals surface area contributed by atoms with E-state index < -0.39 is 35.6 Å². The lowest BCUT2D eigenvalue weighted by Gasteiger charge is -2.34. The Bertz CT molecular complexity index is 2000. The number of piperidine rings is 3. The SMILES string of the molecule is NC(=O)c1ncc(N2CCC[C@@H](CO)C2)nc1Nc1ccc(C2CCN(C[C@H]3CCN(c4ccc5c(c4)C(=O)N(C4CCC(=O)NC4=O)C5=O)C3)CC2)cc1. The highest BCUT2D eigenvalue weighted by Gasteiger charge is 2.45.